The van der Waals surface area contributed by atoms with Crippen LogP contribution in [0.25, 0.3) is 0 Å². The minimum absolute atomic E-state index is 0.00958. The van der Waals surface area contributed by atoms with Crippen LogP contribution in [0.2, 0.25) is 0 Å². The molecular formula is C12H12F2N4O2. The maximum absolute atomic E-state index is 12.0. The van der Waals surface area contributed by atoms with E-state index in [0.29, 0.717) is 5.69 Å². The molecule has 0 bridgehead atoms. The van der Waals surface area contributed by atoms with Gasteiger partial charge in [0, 0.05) is 18.9 Å². The fourth-order valence-electron chi connectivity index (χ4n) is 1.59. The van der Waals surface area contributed by atoms with Crippen LogP contribution in [0.3, 0.4) is 0 Å². The molecule has 0 aliphatic heterocycles. The largest absolute Gasteiger partial charge is 0.435 e. The Morgan fingerprint density at radius 3 is 2.55 bits per heavy atom. The number of carbonyl (C=O) groups is 1. The number of nitrogens with one attached hydrogen (secondary N) is 1. The van der Waals surface area contributed by atoms with E-state index in [1.807, 2.05) is 0 Å². The van der Waals surface area contributed by atoms with Crippen molar-refractivity contribution in [3.8, 4) is 5.75 Å². The highest BCUT2D eigenvalue weighted by Crippen LogP contribution is 2.18. The summed E-state index contributed by atoms with van der Waals surface area (Å²) in [6.45, 7) is -2.89. The number of nitrogens with two attached hydrogens (primary N) is 1. The van der Waals surface area contributed by atoms with Gasteiger partial charge in [0.25, 0.3) is 5.91 Å². The molecule has 0 spiro atoms. The number of halogens is 2. The summed E-state index contributed by atoms with van der Waals surface area (Å²) < 4.78 is 29.6. The van der Waals surface area contributed by atoms with Crippen molar-refractivity contribution in [3.63, 3.8) is 0 Å². The van der Waals surface area contributed by atoms with Crippen LogP contribution >= 0.6 is 0 Å². The van der Waals surface area contributed by atoms with Crippen LogP contribution in [0.5, 0.6) is 5.75 Å². The molecular weight excluding hydrogens is 270 g/mol. The summed E-state index contributed by atoms with van der Waals surface area (Å²) in [5, 5.41) is 6.47. The monoisotopic (exact) mass is 282 g/mol. The molecule has 0 unspecified atom stereocenters. The van der Waals surface area contributed by atoms with Crippen LogP contribution in [0, 0.1) is 0 Å². The highest BCUT2D eigenvalue weighted by atomic mass is 19.3. The molecule has 2 aromatic rings. The molecule has 0 fully saturated rings. The van der Waals surface area contributed by atoms with E-state index in [4.69, 9.17) is 5.73 Å². The second kappa shape index (κ2) is 5.55. The zero-order chi connectivity index (χ0) is 14.7. The van der Waals surface area contributed by atoms with Gasteiger partial charge in [0.15, 0.2) is 5.69 Å². The molecule has 0 radical (unpaired) electrons. The Labute approximate surface area is 113 Å². The van der Waals surface area contributed by atoms with Crippen molar-refractivity contribution in [2.45, 2.75) is 6.61 Å². The van der Waals surface area contributed by atoms with E-state index in [2.05, 4.69) is 15.2 Å². The van der Waals surface area contributed by atoms with Gasteiger partial charge >= 0.3 is 6.61 Å². The quantitative estimate of drug-likeness (QED) is 0.896. The topological polar surface area (TPSA) is 82.2 Å². The van der Waals surface area contributed by atoms with E-state index >= 15 is 0 Å². The lowest BCUT2D eigenvalue weighted by Gasteiger charge is -2.06. The predicted octanol–water partition coefficient (Wildman–Crippen LogP) is 1.86. The Hall–Kier alpha value is -2.64. The molecule has 0 saturated heterocycles. The Balaban J connectivity index is 2.06. The number of nitrogen functional groups attached to an aromatic ring is 1. The molecule has 1 aromatic carbocycles. The van der Waals surface area contributed by atoms with Gasteiger partial charge in [0.2, 0.25) is 0 Å². The molecule has 3 N–H and O–H groups in total. The Kier molecular flexibility index (Phi) is 3.83. The molecule has 6 nitrogen and oxygen atoms in total. The molecule has 8 heteroatoms. The van der Waals surface area contributed by atoms with Crippen molar-refractivity contribution in [3.05, 3.63) is 36.2 Å². The van der Waals surface area contributed by atoms with Crippen molar-refractivity contribution in [1.29, 1.82) is 0 Å². The first-order valence-corrected chi connectivity index (χ1v) is 5.61. The van der Waals surface area contributed by atoms with Crippen LogP contribution in [-0.4, -0.2) is 22.3 Å². The standard InChI is InChI=1S/C12H12F2N4O2/c1-18-6-9(15)10(17-18)11(19)16-7-2-4-8(5-3-7)20-12(13)14/h2-6,12H,15H2,1H3,(H,16,19). The highest BCUT2D eigenvalue weighted by molar-refractivity contribution is 6.06. The molecule has 106 valence electrons. The molecule has 1 heterocycles. The molecule has 0 aliphatic rings. The summed E-state index contributed by atoms with van der Waals surface area (Å²) in [5.74, 6) is -0.471. The van der Waals surface area contributed by atoms with E-state index in [-0.39, 0.29) is 17.1 Å². The van der Waals surface area contributed by atoms with E-state index in [0.717, 1.165) is 0 Å². The second-order valence-electron chi connectivity index (χ2n) is 3.96. The Bertz CT molecular complexity index is 610. The van der Waals surface area contributed by atoms with Crippen molar-refractivity contribution in [2.24, 2.45) is 7.05 Å². The number of hydrogen-bond donors (Lipinski definition) is 2. The smallest absolute Gasteiger partial charge is 0.387 e. The van der Waals surface area contributed by atoms with Crippen LogP contribution in [-0.2, 0) is 7.05 Å². The third-order valence-electron chi connectivity index (χ3n) is 2.41. The molecule has 1 amide bonds. The number of alkyl halides is 2. The van der Waals surface area contributed by atoms with E-state index < -0.39 is 12.5 Å². The Morgan fingerprint density at radius 1 is 1.40 bits per heavy atom. The number of nitrogens with zero attached hydrogens (tertiary/aromatic N) is 2. The number of aryl methyl sites for hydroxylation is 1. The van der Waals surface area contributed by atoms with Gasteiger partial charge < -0.3 is 15.8 Å². The lowest BCUT2D eigenvalue weighted by atomic mass is 10.3. The fourth-order valence-corrected chi connectivity index (χ4v) is 1.59. The number of benzene rings is 1. The first-order valence-electron chi connectivity index (χ1n) is 5.61. The average molecular weight is 282 g/mol. The van der Waals surface area contributed by atoms with Gasteiger partial charge in [-0.05, 0) is 24.3 Å². The number of rotatable bonds is 4. The average Bonchev–Trinajstić information content (AvgIpc) is 2.70. The third kappa shape index (κ3) is 3.22. The summed E-state index contributed by atoms with van der Waals surface area (Å²) in [7, 11) is 1.64. The normalized spacial score (nSPS) is 10.6. The fraction of sp³-hybridized carbons (Fsp3) is 0.167. The SMILES string of the molecule is Cn1cc(N)c(C(=O)Nc2ccc(OC(F)F)cc2)n1. The molecule has 20 heavy (non-hydrogen) atoms. The van der Waals surface area contributed by atoms with Gasteiger partial charge in [-0.1, -0.05) is 0 Å². The molecule has 0 aliphatic carbocycles. The van der Waals surface area contributed by atoms with Crippen LogP contribution in [0.4, 0.5) is 20.2 Å². The summed E-state index contributed by atoms with van der Waals surface area (Å²) in [6, 6.07) is 5.52. The zero-order valence-corrected chi connectivity index (χ0v) is 10.5. The second-order valence-corrected chi connectivity index (χ2v) is 3.96. The van der Waals surface area contributed by atoms with Crippen LogP contribution in [0.1, 0.15) is 10.5 Å². The van der Waals surface area contributed by atoms with Gasteiger partial charge in [0.1, 0.15) is 5.75 Å². The van der Waals surface area contributed by atoms with Gasteiger partial charge in [-0.15, -0.1) is 0 Å². The van der Waals surface area contributed by atoms with Crippen molar-refractivity contribution >= 4 is 17.3 Å². The van der Waals surface area contributed by atoms with Gasteiger partial charge in [-0.25, -0.2) is 0 Å². The lowest BCUT2D eigenvalue weighted by Crippen LogP contribution is -2.14. The zero-order valence-electron chi connectivity index (χ0n) is 10.5. The number of ether oxygens (including phenoxy) is 1. The number of aromatic nitrogens is 2. The van der Waals surface area contributed by atoms with Gasteiger partial charge in [0.05, 0.1) is 5.69 Å². The van der Waals surface area contributed by atoms with E-state index in [9.17, 15) is 13.6 Å². The van der Waals surface area contributed by atoms with Crippen molar-refractivity contribution in [2.75, 3.05) is 11.1 Å². The van der Waals surface area contributed by atoms with Gasteiger partial charge in [-0.2, -0.15) is 13.9 Å². The summed E-state index contributed by atoms with van der Waals surface area (Å²) in [4.78, 5) is 11.9. The highest BCUT2D eigenvalue weighted by Gasteiger charge is 2.14. The maximum Gasteiger partial charge on any atom is 0.387 e. The van der Waals surface area contributed by atoms with Crippen molar-refractivity contribution < 1.29 is 18.3 Å². The summed E-state index contributed by atoms with van der Waals surface area (Å²) >= 11 is 0. The minimum Gasteiger partial charge on any atom is -0.435 e. The lowest BCUT2D eigenvalue weighted by molar-refractivity contribution is -0.0498. The van der Waals surface area contributed by atoms with Crippen molar-refractivity contribution in [1.82, 2.24) is 9.78 Å². The molecule has 1 aromatic heterocycles. The van der Waals surface area contributed by atoms with Crippen LogP contribution in [0.15, 0.2) is 30.5 Å². The predicted molar refractivity (Wildman–Crippen MR) is 68.6 cm³/mol. The number of hydrogen-bond acceptors (Lipinski definition) is 4. The van der Waals surface area contributed by atoms with Crippen LogP contribution < -0.4 is 15.8 Å². The van der Waals surface area contributed by atoms with E-state index in [1.165, 1.54) is 35.1 Å². The van der Waals surface area contributed by atoms with Gasteiger partial charge in [-0.3, -0.25) is 9.48 Å². The molecule has 0 atom stereocenters. The number of carbonyl (C=O) groups excluding carboxylic acids is 1. The number of anilines is 2. The third-order valence-corrected chi connectivity index (χ3v) is 2.41. The Morgan fingerprint density at radius 2 is 2.05 bits per heavy atom. The maximum atomic E-state index is 12.0. The van der Waals surface area contributed by atoms with E-state index in [1.54, 1.807) is 7.05 Å². The molecule has 2 rings (SSSR count). The first kappa shape index (κ1) is 13.8. The summed E-state index contributed by atoms with van der Waals surface area (Å²) in [5.41, 5.74) is 6.40. The minimum atomic E-state index is -2.89. The summed E-state index contributed by atoms with van der Waals surface area (Å²) in [6.07, 6.45) is 1.51. The number of amides is 1. The first-order chi connectivity index (χ1) is 9.45. The molecule has 0 saturated carbocycles.